The average Bonchev–Trinajstić information content (AvgIpc) is 2.81. The van der Waals surface area contributed by atoms with Gasteiger partial charge in [0.25, 0.3) is 5.69 Å². The molecule has 0 spiro atoms. The van der Waals surface area contributed by atoms with Gasteiger partial charge in [0.1, 0.15) is 10.8 Å². The van der Waals surface area contributed by atoms with Crippen molar-refractivity contribution in [3.8, 4) is 16.3 Å². The third-order valence-electron chi connectivity index (χ3n) is 2.72. The number of hydrogen-bond acceptors (Lipinski definition) is 5. The molecule has 0 aliphatic carbocycles. The topological polar surface area (TPSA) is 76.3 Å². The van der Waals surface area contributed by atoms with Crippen LogP contribution in [0.3, 0.4) is 0 Å². The van der Waals surface area contributed by atoms with Crippen molar-refractivity contribution in [3.63, 3.8) is 0 Å². The van der Waals surface area contributed by atoms with Gasteiger partial charge in [0.2, 0.25) is 0 Å². The molecule has 0 aliphatic heterocycles. The van der Waals surface area contributed by atoms with E-state index in [-0.39, 0.29) is 11.4 Å². The Balaban J connectivity index is 2.17. The zero-order valence-electron chi connectivity index (χ0n) is 9.61. The number of aromatic nitrogens is 1. The molecule has 3 aromatic rings. The van der Waals surface area contributed by atoms with E-state index in [1.807, 2.05) is 6.07 Å². The average molecular weight is 272 g/mol. The summed E-state index contributed by atoms with van der Waals surface area (Å²) in [6.07, 6.45) is 0. The molecule has 1 N–H and O–H groups in total. The van der Waals surface area contributed by atoms with E-state index in [1.165, 1.54) is 23.5 Å². The first kappa shape index (κ1) is 11.6. The summed E-state index contributed by atoms with van der Waals surface area (Å²) < 4.78 is 0.729. The minimum atomic E-state index is -0.432. The lowest BCUT2D eigenvalue weighted by atomic mass is 10.2. The van der Waals surface area contributed by atoms with Crippen molar-refractivity contribution in [3.05, 3.63) is 52.6 Å². The number of para-hydroxylation sites is 1. The van der Waals surface area contributed by atoms with Crippen molar-refractivity contribution in [1.29, 1.82) is 0 Å². The fraction of sp³-hybridized carbons (Fsp3) is 0. The number of benzene rings is 2. The molecule has 0 saturated carbocycles. The summed E-state index contributed by atoms with van der Waals surface area (Å²) in [7, 11) is 0. The van der Waals surface area contributed by atoms with Crippen molar-refractivity contribution < 1.29 is 10.0 Å². The molecule has 1 heterocycles. The highest BCUT2D eigenvalue weighted by molar-refractivity contribution is 7.21. The third-order valence-corrected chi connectivity index (χ3v) is 3.77. The lowest BCUT2D eigenvalue weighted by molar-refractivity contribution is -0.384. The Bertz CT molecular complexity index is 782. The van der Waals surface area contributed by atoms with Crippen LogP contribution in [-0.4, -0.2) is 15.0 Å². The van der Waals surface area contributed by atoms with E-state index in [0.29, 0.717) is 16.1 Å². The molecule has 94 valence electrons. The van der Waals surface area contributed by atoms with E-state index in [0.717, 1.165) is 4.70 Å². The van der Waals surface area contributed by atoms with Crippen LogP contribution in [0.1, 0.15) is 0 Å². The highest BCUT2D eigenvalue weighted by atomic mass is 32.1. The summed E-state index contributed by atoms with van der Waals surface area (Å²) in [6.45, 7) is 0. The Morgan fingerprint density at radius 2 is 2.00 bits per heavy atom. The van der Waals surface area contributed by atoms with Crippen LogP contribution < -0.4 is 0 Å². The Kier molecular flexibility index (Phi) is 2.64. The van der Waals surface area contributed by atoms with Crippen LogP contribution in [0.15, 0.2) is 42.5 Å². The van der Waals surface area contributed by atoms with E-state index in [9.17, 15) is 15.2 Å². The van der Waals surface area contributed by atoms with Crippen molar-refractivity contribution in [2.24, 2.45) is 0 Å². The van der Waals surface area contributed by atoms with Crippen LogP contribution in [0.4, 0.5) is 5.69 Å². The first-order chi connectivity index (χ1) is 9.15. The number of nitro benzene ring substituents is 1. The monoisotopic (exact) mass is 272 g/mol. The van der Waals surface area contributed by atoms with Crippen molar-refractivity contribution in [1.82, 2.24) is 4.98 Å². The molecule has 0 saturated heterocycles. The van der Waals surface area contributed by atoms with Crippen molar-refractivity contribution >= 4 is 27.2 Å². The Labute approximate surface area is 111 Å². The van der Waals surface area contributed by atoms with Gasteiger partial charge in [0.15, 0.2) is 0 Å². The number of phenols is 1. The van der Waals surface area contributed by atoms with Gasteiger partial charge in [-0.1, -0.05) is 12.1 Å². The van der Waals surface area contributed by atoms with Crippen LogP contribution in [0.5, 0.6) is 5.75 Å². The Morgan fingerprint density at radius 1 is 1.21 bits per heavy atom. The number of aromatic hydroxyl groups is 1. The summed E-state index contributed by atoms with van der Waals surface area (Å²) in [4.78, 5) is 14.7. The molecule has 5 nitrogen and oxygen atoms in total. The molecule has 0 unspecified atom stereocenters. The zero-order valence-corrected chi connectivity index (χ0v) is 10.4. The number of non-ortho nitro benzene ring substituents is 1. The number of phenolic OH excluding ortho intramolecular Hbond substituents is 1. The van der Waals surface area contributed by atoms with Crippen LogP contribution in [0, 0.1) is 10.1 Å². The standard InChI is InChI=1S/C13H8N2O3S/c16-11-4-2-1-3-9(11)13-14-10-6-5-8(15(17)18)7-12(10)19-13/h1-7,16H. The fourth-order valence-corrected chi connectivity index (χ4v) is 2.83. The lowest BCUT2D eigenvalue weighted by Gasteiger charge is -1.98. The zero-order chi connectivity index (χ0) is 13.4. The minimum absolute atomic E-state index is 0.0417. The molecular formula is C13H8N2O3S. The second kappa shape index (κ2) is 4.33. The first-order valence-electron chi connectivity index (χ1n) is 5.48. The van der Waals surface area contributed by atoms with Gasteiger partial charge in [-0.2, -0.15) is 0 Å². The maximum Gasteiger partial charge on any atom is 0.270 e. The number of nitrogens with zero attached hydrogens (tertiary/aromatic N) is 2. The summed E-state index contributed by atoms with van der Waals surface area (Å²) in [5, 5.41) is 21.2. The summed E-state index contributed by atoms with van der Waals surface area (Å²) >= 11 is 1.32. The molecule has 1 aromatic heterocycles. The van der Waals surface area contributed by atoms with E-state index in [1.54, 1.807) is 24.3 Å². The van der Waals surface area contributed by atoms with Gasteiger partial charge in [-0.15, -0.1) is 11.3 Å². The number of hydrogen-bond donors (Lipinski definition) is 1. The van der Waals surface area contributed by atoms with Gasteiger partial charge < -0.3 is 5.11 Å². The van der Waals surface area contributed by atoms with Gasteiger partial charge in [0.05, 0.1) is 20.7 Å². The normalized spacial score (nSPS) is 10.7. The predicted molar refractivity (Wildman–Crippen MR) is 73.4 cm³/mol. The van der Waals surface area contributed by atoms with E-state index in [2.05, 4.69) is 4.98 Å². The Hall–Kier alpha value is -2.47. The molecule has 19 heavy (non-hydrogen) atoms. The number of rotatable bonds is 2. The van der Waals surface area contributed by atoms with Crippen LogP contribution in [0.2, 0.25) is 0 Å². The smallest absolute Gasteiger partial charge is 0.270 e. The van der Waals surface area contributed by atoms with Gasteiger partial charge in [0, 0.05) is 12.1 Å². The Morgan fingerprint density at radius 3 is 2.74 bits per heavy atom. The van der Waals surface area contributed by atoms with Gasteiger partial charge in [-0.25, -0.2) is 4.98 Å². The van der Waals surface area contributed by atoms with Gasteiger partial charge in [-0.3, -0.25) is 10.1 Å². The van der Waals surface area contributed by atoms with Crippen molar-refractivity contribution in [2.45, 2.75) is 0 Å². The molecule has 0 fully saturated rings. The molecule has 3 rings (SSSR count). The second-order valence-corrected chi connectivity index (χ2v) is 4.98. The summed E-state index contributed by atoms with van der Waals surface area (Å²) in [6, 6.07) is 11.4. The van der Waals surface area contributed by atoms with Gasteiger partial charge >= 0.3 is 0 Å². The highest BCUT2D eigenvalue weighted by Crippen LogP contribution is 2.35. The molecule has 2 aromatic carbocycles. The van der Waals surface area contributed by atoms with Crippen LogP contribution in [0.25, 0.3) is 20.8 Å². The summed E-state index contributed by atoms with van der Waals surface area (Å²) in [5.41, 5.74) is 1.36. The predicted octanol–water partition coefficient (Wildman–Crippen LogP) is 3.58. The summed E-state index contributed by atoms with van der Waals surface area (Å²) in [5.74, 6) is 0.149. The van der Waals surface area contributed by atoms with Crippen LogP contribution >= 0.6 is 11.3 Å². The highest BCUT2D eigenvalue weighted by Gasteiger charge is 2.12. The van der Waals surface area contributed by atoms with Gasteiger partial charge in [-0.05, 0) is 18.2 Å². The molecule has 0 atom stereocenters. The van der Waals surface area contributed by atoms with Crippen molar-refractivity contribution in [2.75, 3.05) is 0 Å². The molecule has 0 bridgehead atoms. The third kappa shape index (κ3) is 2.02. The SMILES string of the molecule is O=[N+]([O-])c1ccc2nc(-c3ccccc3O)sc2c1. The van der Waals surface area contributed by atoms with E-state index < -0.39 is 4.92 Å². The van der Waals surface area contributed by atoms with E-state index in [4.69, 9.17) is 0 Å². The largest absolute Gasteiger partial charge is 0.507 e. The van der Waals surface area contributed by atoms with Crippen LogP contribution in [-0.2, 0) is 0 Å². The molecule has 0 radical (unpaired) electrons. The number of nitro groups is 1. The molecule has 0 aliphatic rings. The number of thiazole rings is 1. The maximum atomic E-state index is 10.7. The maximum absolute atomic E-state index is 10.7. The molecular weight excluding hydrogens is 264 g/mol. The fourth-order valence-electron chi connectivity index (χ4n) is 1.80. The lowest BCUT2D eigenvalue weighted by Crippen LogP contribution is -1.85. The minimum Gasteiger partial charge on any atom is -0.507 e. The molecule has 0 amide bonds. The molecule has 6 heteroatoms. The quantitative estimate of drug-likeness (QED) is 0.571. The second-order valence-electron chi connectivity index (χ2n) is 3.95. The first-order valence-corrected chi connectivity index (χ1v) is 6.30. The van der Waals surface area contributed by atoms with E-state index >= 15 is 0 Å². The number of fused-ring (bicyclic) bond motifs is 1.